The minimum atomic E-state index is -0.887. The Balaban J connectivity index is 2.39. The first-order chi connectivity index (χ1) is 9.08. The number of H-pyrrole nitrogens is 1. The van der Waals surface area contributed by atoms with Crippen molar-refractivity contribution in [3.05, 3.63) is 58.4 Å². The summed E-state index contributed by atoms with van der Waals surface area (Å²) < 4.78 is 28.6. The minimum Gasteiger partial charge on any atom is -0.330 e. The molecule has 1 N–H and O–H groups in total. The molecule has 0 radical (unpaired) electrons. The molecule has 3 aromatic rings. The molecular formula is C14H10F2N2S. The molecule has 0 aliphatic rings. The fourth-order valence-electron chi connectivity index (χ4n) is 2.20. The zero-order valence-corrected chi connectivity index (χ0v) is 10.9. The largest absolute Gasteiger partial charge is 0.330 e. The van der Waals surface area contributed by atoms with Gasteiger partial charge in [-0.3, -0.25) is 4.57 Å². The zero-order valence-electron chi connectivity index (χ0n) is 10.1. The fourth-order valence-corrected chi connectivity index (χ4v) is 2.51. The Morgan fingerprint density at radius 3 is 2.63 bits per heavy atom. The number of hydrogen-bond donors (Lipinski definition) is 1. The highest BCUT2D eigenvalue weighted by atomic mass is 32.1. The third-order valence-electron chi connectivity index (χ3n) is 3.07. The fraction of sp³-hybridized carbons (Fsp3) is 0.0714. The Morgan fingerprint density at radius 1 is 1.11 bits per heavy atom. The summed E-state index contributed by atoms with van der Waals surface area (Å²) in [6, 6.07) is 9.51. The average molecular weight is 276 g/mol. The van der Waals surface area contributed by atoms with Crippen LogP contribution in [0, 0.1) is 23.3 Å². The van der Waals surface area contributed by atoms with E-state index in [0.717, 1.165) is 28.7 Å². The number of halogens is 2. The van der Waals surface area contributed by atoms with Crippen molar-refractivity contribution >= 4 is 23.3 Å². The summed E-state index contributed by atoms with van der Waals surface area (Å²) in [7, 11) is 0. The van der Waals surface area contributed by atoms with Gasteiger partial charge in [0.05, 0.1) is 16.7 Å². The molecule has 0 saturated carbocycles. The Hall–Kier alpha value is -2.01. The summed E-state index contributed by atoms with van der Waals surface area (Å²) >= 11 is 5.26. The second-order valence-corrected chi connectivity index (χ2v) is 4.72. The molecule has 19 heavy (non-hydrogen) atoms. The molecule has 0 aliphatic carbocycles. The van der Waals surface area contributed by atoms with E-state index < -0.39 is 11.6 Å². The number of fused-ring (bicyclic) bond motifs is 1. The second kappa shape index (κ2) is 4.28. The lowest BCUT2D eigenvalue weighted by molar-refractivity contribution is 0.508. The summed E-state index contributed by atoms with van der Waals surface area (Å²) in [4.78, 5) is 3.06. The van der Waals surface area contributed by atoms with Crippen LogP contribution >= 0.6 is 12.2 Å². The maximum atomic E-state index is 13.4. The number of aryl methyl sites for hydroxylation is 1. The highest BCUT2D eigenvalue weighted by Gasteiger charge is 2.10. The number of nitrogens with one attached hydrogen (secondary N) is 1. The van der Waals surface area contributed by atoms with Gasteiger partial charge in [-0.25, -0.2) is 8.78 Å². The summed E-state index contributed by atoms with van der Waals surface area (Å²) in [6.07, 6.45) is 0. The molecule has 0 amide bonds. The first kappa shape index (κ1) is 12.0. The number of rotatable bonds is 1. The van der Waals surface area contributed by atoms with Crippen LogP contribution in [0.2, 0.25) is 0 Å². The lowest BCUT2D eigenvalue weighted by Gasteiger charge is -2.07. The predicted octanol–water partition coefficient (Wildman–Crippen LogP) is 4.27. The molecule has 2 nitrogen and oxygen atoms in total. The van der Waals surface area contributed by atoms with Gasteiger partial charge in [-0.2, -0.15) is 0 Å². The number of hydrogen-bond acceptors (Lipinski definition) is 1. The number of aromatic amines is 1. The molecule has 0 atom stereocenters. The van der Waals surface area contributed by atoms with Gasteiger partial charge in [-0.1, -0.05) is 12.1 Å². The monoisotopic (exact) mass is 276 g/mol. The van der Waals surface area contributed by atoms with E-state index >= 15 is 0 Å². The highest BCUT2D eigenvalue weighted by molar-refractivity contribution is 7.71. The third kappa shape index (κ3) is 1.86. The van der Waals surface area contributed by atoms with Crippen LogP contribution in [0.5, 0.6) is 0 Å². The maximum Gasteiger partial charge on any atom is 0.182 e. The Morgan fingerprint density at radius 2 is 1.89 bits per heavy atom. The quantitative estimate of drug-likeness (QED) is 0.658. The summed E-state index contributed by atoms with van der Waals surface area (Å²) in [5.74, 6) is -1.76. The first-order valence-electron chi connectivity index (χ1n) is 5.73. The van der Waals surface area contributed by atoms with E-state index in [-0.39, 0.29) is 0 Å². The molecule has 1 heterocycles. The van der Waals surface area contributed by atoms with E-state index in [9.17, 15) is 8.78 Å². The standard InChI is InChI=1S/C14H10F2N2S/c1-8-3-2-4-12-13(8)18(14(19)17-12)9-5-6-10(15)11(16)7-9/h2-7H,1H3,(H,17,19). The van der Waals surface area contributed by atoms with Gasteiger partial charge < -0.3 is 4.98 Å². The molecule has 1 aromatic heterocycles. The molecule has 0 fully saturated rings. The van der Waals surface area contributed by atoms with E-state index in [2.05, 4.69) is 4.98 Å². The van der Waals surface area contributed by atoms with Crippen molar-refractivity contribution in [2.45, 2.75) is 6.92 Å². The first-order valence-corrected chi connectivity index (χ1v) is 6.14. The van der Waals surface area contributed by atoms with Crippen molar-refractivity contribution in [2.75, 3.05) is 0 Å². The highest BCUT2D eigenvalue weighted by Crippen LogP contribution is 2.23. The van der Waals surface area contributed by atoms with Crippen LogP contribution in [0.3, 0.4) is 0 Å². The van der Waals surface area contributed by atoms with E-state index in [1.54, 1.807) is 4.57 Å². The van der Waals surface area contributed by atoms with Gasteiger partial charge >= 0.3 is 0 Å². The van der Waals surface area contributed by atoms with E-state index in [4.69, 9.17) is 12.2 Å². The number of nitrogens with zero attached hydrogens (tertiary/aromatic N) is 1. The van der Waals surface area contributed by atoms with Gasteiger partial charge in [0.1, 0.15) is 0 Å². The van der Waals surface area contributed by atoms with Crippen LogP contribution in [0.4, 0.5) is 8.78 Å². The Bertz CT molecular complexity index is 833. The number of benzene rings is 2. The topological polar surface area (TPSA) is 20.7 Å². The second-order valence-electron chi connectivity index (χ2n) is 4.34. The van der Waals surface area contributed by atoms with Crippen LogP contribution in [0.15, 0.2) is 36.4 Å². The smallest absolute Gasteiger partial charge is 0.182 e. The third-order valence-corrected chi connectivity index (χ3v) is 3.35. The predicted molar refractivity (Wildman–Crippen MR) is 73.1 cm³/mol. The lowest BCUT2D eigenvalue weighted by Crippen LogP contribution is -1.97. The Labute approximate surface area is 113 Å². The number of aromatic nitrogens is 2. The maximum absolute atomic E-state index is 13.4. The van der Waals surface area contributed by atoms with Crippen molar-refractivity contribution in [2.24, 2.45) is 0 Å². The van der Waals surface area contributed by atoms with Gasteiger partial charge in [-0.15, -0.1) is 0 Å². The minimum absolute atomic E-state index is 0.454. The van der Waals surface area contributed by atoms with E-state index in [0.29, 0.717) is 10.5 Å². The summed E-state index contributed by atoms with van der Waals surface area (Å²) in [5.41, 5.74) is 3.26. The van der Waals surface area contributed by atoms with Crippen molar-refractivity contribution < 1.29 is 8.78 Å². The summed E-state index contributed by atoms with van der Waals surface area (Å²) in [6.45, 7) is 1.95. The van der Waals surface area contributed by atoms with Crippen molar-refractivity contribution in [1.29, 1.82) is 0 Å². The van der Waals surface area contributed by atoms with Gasteiger partial charge in [0.25, 0.3) is 0 Å². The van der Waals surface area contributed by atoms with Gasteiger partial charge in [0.15, 0.2) is 16.4 Å². The number of para-hydroxylation sites is 1. The SMILES string of the molecule is Cc1cccc2[nH]c(=S)n(-c3ccc(F)c(F)c3)c12. The van der Waals surface area contributed by atoms with E-state index in [1.807, 2.05) is 25.1 Å². The van der Waals surface area contributed by atoms with Crippen molar-refractivity contribution in [1.82, 2.24) is 9.55 Å². The van der Waals surface area contributed by atoms with E-state index in [1.165, 1.54) is 6.07 Å². The molecule has 0 unspecified atom stereocenters. The molecule has 2 aromatic carbocycles. The van der Waals surface area contributed by atoms with Gasteiger partial charge in [0, 0.05) is 6.07 Å². The van der Waals surface area contributed by atoms with Gasteiger partial charge in [-0.05, 0) is 42.9 Å². The molecule has 5 heteroatoms. The summed E-state index contributed by atoms with van der Waals surface area (Å²) in [5, 5.41) is 0. The van der Waals surface area contributed by atoms with Crippen molar-refractivity contribution in [3.63, 3.8) is 0 Å². The molecule has 0 bridgehead atoms. The molecule has 3 rings (SSSR count). The molecular weight excluding hydrogens is 266 g/mol. The zero-order chi connectivity index (χ0) is 13.6. The molecule has 0 aliphatic heterocycles. The Kier molecular flexibility index (Phi) is 2.71. The van der Waals surface area contributed by atoms with Crippen LogP contribution in [0.1, 0.15) is 5.56 Å². The van der Waals surface area contributed by atoms with Crippen molar-refractivity contribution in [3.8, 4) is 5.69 Å². The van der Waals surface area contributed by atoms with Crippen LogP contribution in [-0.2, 0) is 0 Å². The lowest BCUT2D eigenvalue weighted by atomic mass is 10.2. The molecule has 0 spiro atoms. The van der Waals surface area contributed by atoms with Crippen LogP contribution in [-0.4, -0.2) is 9.55 Å². The average Bonchev–Trinajstić information content (AvgIpc) is 2.70. The van der Waals surface area contributed by atoms with Gasteiger partial charge in [0.2, 0.25) is 0 Å². The number of imidazole rings is 1. The molecule has 96 valence electrons. The molecule has 0 saturated heterocycles. The van der Waals surface area contributed by atoms with Crippen LogP contribution in [0.25, 0.3) is 16.7 Å². The van der Waals surface area contributed by atoms with Crippen LogP contribution < -0.4 is 0 Å². The normalized spacial score (nSPS) is 11.1.